The average Bonchev–Trinajstić information content (AvgIpc) is 2.68. The van der Waals surface area contributed by atoms with Gasteiger partial charge < -0.3 is 9.64 Å². The van der Waals surface area contributed by atoms with E-state index >= 15 is 0 Å². The molecule has 0 N–H and O–H groups in total. The van der Waals surface area contributed by atoms with Gasteiger partial charge in [-0.1, -0.05) is 49.6 Å². The number of ether oxygens (including phenoxy) is 1. The van der Waals surface area contributed by atoms with Crippen molar-refractivity contribution in [1.82, 2.24) is 0 Å². The highest BCUT2D eigenvalue weighted by molar-refractivity contribution is 9.10. The summed E-state index contributed by atoms with van der Waals surface area (Å²) >= 11 is 3.34. The van der Waals surface area contributed by atoms with Gasteiger partial charge in [0, 0.05) is 16.2 Å². The van der Waals surface area contributed by atoms with Crippen LogP contribution in [-0.4, -0.2) is 24.5 Å². The van der Waals surface area contributed by atoms with Crippen molar-refractivity contribution in [2.24, 2.45) is 0 Å². The summed E-state index contributed by atoms with van der Waals surface area (Å²) in [5, 5.41) is 0. The van der Waals surface area contributed by atoms with Gasteiger partial charge in [-0.3, -0.25) is 4.79 Å². The molecule has 1 fully saturated rings. The molecule has 0 aromatic heterocycles. The van der Waals surface area contributed by atoms with E-state index < -0.39 is 5.97 Å². The van der Waals surface area contributed by atoms with Gasteiger partial charge in [0.05, 0.1) is 5.56 Å². The SMILES string of the molecule is O=C(OCC(=O)N(c1ccccc1)C1CCCCC1)c1ccccc1Br. The van der Waals surface area contributed by atoms with Crippen molar-refractivity contribution in [2.75, 3.05) is 11.5 Å². The third-order valence-electron chi connectivity index (χ3n) is 4.66. The number of halogens is 1. The molecule has 1 saturated carbocycles. The Morgan fingerprint density at radius 3 is 2.31 bits per heavy atom. The summed E-state index contributed by atoms with van der Waals surface area (Å²) in [4.78, 5) is 27.0. The zero-order valence-electron chi connectivity index (χ0n) is 14.6. The van der Waals surface area contributed by atoms with Gasteiger partial charge in [0.25, 0.3) is 5.91 Å². The Kier molecular flexibility index (Phi) is 6.45. The molecule has 0 radical (unpaired) electrons. The van der Waals surface area contributed by atoms with Crippen LogP contribution in [0.2, 0.25) is 0 Å². The van der Waals surface area contributed by atoms with E-state index in [1.807, 2.05) is 41.3 Å². The summed E-state index contributed by atoms with van der Waals surface area (Å²) in [6, 6.07) is 16.8. The van der Waals surface area contributed by atoms with Gasteiger partial charge >= 0.3 is 5.97 Å². The number of carbonyl (C=O) groups excluding carboxylic acids is 2. The first-order valence-corrected chi connectivity index (χ1v) is 9.75. The molecular formula is C21H22BrNO3. The molecule has 2 aromatic carbocycles. The Hall–Kier alpha value is -2.14. The van der Waals surface area contributed by atoms with Gasteiger partial charge in [-0.15, -0.1) is 0 Å². The maximum absolute atomic E-state index is 12.9. The molecule has 0 heterocycles. The molecule has 4 nitrogen and oxygen atoms in total. The molecule has 136 valence electrons. The quantitative estimate of drug-likeness (QED) is 0.647. The third kappa shape index (κ3) is 4.52. The zero-order chi connectivity index (χ0) is 18.4. The van der Waals surface area contributed by atoms with Crippen molar-refractivity contribution < 1.29 is 14.3 Å². The van der Waals surface area contributed by atoms with E-state index in [0.717, 1.165) is 31.4 Å². The summed E-state index contributed by atoms with van der Waals surface area (Å²) in [7, 11) is 0. The average molecular weight is 416 g/mol. The number of amides is 1. The smallest absolute Gasteiger partial charge is 0.339 e. The first-order valence-electron chi connectivity index (χ1n) is 8.95. The Morgan fingerprint density at radius 2 is 1.62 bits per heavy atom. The van der Waals surface area contributed by atoms with Gasteiger partial charge in [-0.05, 0) is 53.0 Å². The van der Waals surface area contributed by atoms with E-state index in [1.54, 1.807) is 18.2 Å². The van der Waals surface area contributed by atoms with Crippen LogP contribution in [0.25, 0.3) is 0 Å². The third-order valence-corrected chi connectivity index (χ3v) is 5.35. The van der Waals surface area contributed by atoms with E-state index in [2.05, 4.69) is 15.9 Å². The minimum atomic E-state index is -0.498. The monoisotopic (exact) mass is 415 g/mol. The van der Waals surface area contributed by atoms with E-state index in [1.165, 1.54) is 6.42 Å². The molecule has 1 amide bonds. The largest absolute Gasteiger partial charge is 0.452 e. The lowest BCUT2D eigenvalue weighted by Gasteiger charge is -2.34. The van der Waals surface area contributed by atoms with Crippen LogP contribution in [0.15, 0.2) is 59.1 Å². The van der Waals surface area contributed by atoms with Crippen LogP contribution in [0.5, 0.6) is 0 Å². The molecule has 2 aromatic rings. The summed E-state index contributed by atoms with van der Waals surface area (Å²) in [6.45, 7) is -0.258. The molecule has 1 aliphatic carbocycles. The highest BCUT2D eigenvalue weighted by Gasteiger charge is 2.27. The second-order valence-electron chi connectivity index (χ2n) is 6.45. The topological polar surface area (TPSA) is 46.6 Å². The van der Waals surface area contributed by atoms with Gasteiger partial charge in [0.1, 0.15) is 0 Å². The number of esters is 1. The molecule has 0 spiro atoms. The van der Waals surface area contributed by atoms with E-state index in [-0.39, 0.29) is 18.6 Å². The van der Waals surface area contributed by atoms with Crippen LogP contribution >= 0.6 is 15.9 Å². The van der Waals surface area contributed by atoms with Crippen molar-refractivity contribution in [3.05, 3.63) is 64.6 Å². The number of rotatable bonds is 5. The normalized spacial score (nSPS) is 14.7. The number of hydrogen-bond acceptors (Lipinski definition) is 3. The molecule has 26 heavy (non-hydrogen) atoms. The Balaban J connectivity index is 1.71. The van der Waals surface area contributed by atoms with Crippen molar-refractivity contribution in [1.29, 1.82) is 0 Å². The number of anilines is 1. The zero-order valence-corrected chi connectivity index (χ0v) is 16.2. The summed E-state index contributed by atoms with van der Waals surface area (Å²) in [5.74, 6) is -0.675. The summed E-state index contributed by atoms with van der Waals surface area (Å²) in [6.07, 6.45) is 5.43. The van der Waals surface area contributed by atoms with Crippen LogP contribution in [-0.2, 0) is 9.53 Å². The van der Waals surface area contributed by atoms with Crippen LogP contribution < -0.4 is 4.90 Å². The number of benzene rings is 2. The Labute approximate surface area is 162 Å². The van der Waals surface area contributed by atoms with E-state index in [4.69, 9.17) is 4.74 Å². The molecular weight excluding hydrogens is 394 g/mol. The fourth-order valence-corrected chi connectivity index (χ4v) is 3.83. The maximum Gasteiger partial charge on any atom is 0.339 e. The fraction of sp³-hybridized carbons (Fsp3) is 0.333. The molecule has 0 atom stereocenters. The van der Waals surface area contributed by atoms with Gasteiger partial charge in [-0.2, -0.15) is 0 Å². The van der Waals surface area contributed by atoms with Crippen molar-refractivity contribution >= 4 is 33.5 Å². The second kappa shape index (κ2) is 8.99. The molecule has 1 aliphatic rings. The van der Waals surface area contributed by atoms with E-state index in [0.29, 0.717) is 10.0 Å². The molecule has 0 bridgehead atoms. The minimum Gasteiger partial charge on any atom is -0.452 e. The highest BCUT2D eigenvalue weighted by Crippen LogP contribution is 2.27. The molecule has 5 heteroatoms. The molecule has 0 saturated heterocycles. The standard InChI is InChI=1S/C21H22BrNO3/c22-19-14-8-7-13-18(19)21(25)26-15-20(24)23(16-9-3-1-4-10-16)17-11-5-2-6-12-17/h1,3-4,7-10,13-14,17H,2,5-6,11-12,15H2. The maximum atomic E-state index is 12.9. The predicted octanol–water partition coefficient (Wildman–Crippen LogP) is 4.97. The van der Waals surface area contributed by atoms with Crippen molar-refractivity contribution in [2.45, 2.75) is 38.1 Å². The van der Waals surface area contributed by atoms with Gasteiger partial charge in [0.15, 0.2) is 6.61 Å². The van der Waals surface area contributed by atoms with Crippen LogP contribution in [0.3, 0.4) is 0 Å². The molecule has 3 rings (SSSR count). The van der Waals surface area contributed by atoms with Gasteiger partial charge in [-0.25, -0.2) is 4.79 Å². The van der Waals surface area contributed by atoms with Crippen molar-refractivity contribution in [3.8, 4) is 0 Å². The molecule has 0 aliphatic heterocycles. The minimum absolute atomic E-state index is 0.167. The van der Waals surface area contributed by atoms with Crippen molar-refractivity contribution in [3.63, 3.8) is 0 Å². The van der Waals surface area contributed by atoms with Crippen LogP contribution in [0, 0.1) is 0 Å². The Morgan fingerprint density at radius 1 is 0.962 bits per heavy atom. The number of para-hydroxylation sites is 1. The Bertz CT molecular complexity index is 757. The van der Waals surface area contributed by atoms with E-state index in [9.17, 15) is 9.59 Å². The number of hydrogen-bond donors (Lipinski definition) is 0. The highest BCUT2D eigenvalue weighted by atomic mass is 79.9. The predicted molar refractivity (Wildman–Crippen MR) is 105 cm³/mol. The number of nitrogens with zero attached hydrogens (tertiary/aromatic N) is 1. The summed E-state index contributed by atoms with van der Waals surface area (Å²) in [5.41, 5.74) is 1.28. The lowest BCUT2D eigenvalue weighted by atomic mass is 9.93. The first-order chi connectivity index (χ1) is 12.7. The molecule has 0 unspecified atom stereocenters. The van der Waals surface area contributed by atoms with Gasteiger partial charge in [0.2, 0.25) is 0 Å². The number of carbonyl (C=O) groups is 2. The lowest BCUT2D eigenvalue weighted by Crippen LogP contribution is -2.43. The van der Waals surface area contributed by atoms with Crippen LogP contribution in [0.4, 0.5) is 5.69 Å². The lowest BCUT2D eigenvalue weighted by molar-refractivity contribution is -0.122. The van der Waals surface area contributed by atoms with Crippen LogP contribution in [0.1, 0.15) is 42.5 Å². The summed E-state index contributed by atoms with van der Waals surface area (Å²) < 4.78 is 5.96. The first kappa shape index (κ1) is 18.6. The second-order valence-corrected chi connectivity index (χ2v) is 7.30. The fourth-order valence-electron chi connectivity index (χ4n) is 3.39.